The summed E-state index contributed by atoms with van der Waals surface area (Å²) in [4.78, 5) is 15.1. The van der Waals surface area contributed by atoms with Crippen LogP contribution >= 0.6 is 12.4 Å². The molecule has 1 aromatic carbocycles. The first-order chi connectivity index (χ1) is 12.5. The molecule has 2 fully saturated rings. The second kappa shape index (κ2) is 7.88. The molecule has 2 aliphatic heterocycles. The molecule has 1 saturated carbocycles. The predicted molar refractivity (Wildman–Crippen MR) is 108 cm³/mol. The Morgan fingerprint density at radius 1 is 1.33 bits per heavy atom. The summed E-state index contributed by atoms with van der Waals surface area (Å²) in [5.41, 5.74) is 8.17. The molecule has 2 N–H and O–H groups in total. The van der Waals surface area contributed by atoms with Gasteiger partial charge in [0.2, 0.25) is 5.91 Å². The number of ether oxygens (including phenoxy) is 2. The topological polar surface area (TPSA) is 64.8 Å². The van der Waals surface area contributed by atoms with E-state index >= 15 is 0 Å². The van der Waals surface area contributed by atoms with Crippen molar-refractivity contribution in [3.05, 3.63) is 23.3 Å². The van der Waals surface area contributed by atoms with Crippen LogP contribution in [0.15, 0.2) is 12.1 Å². The molecule has 1 saturated heterocycles. The van der Waals surface area contributed by atoms with Crippen molar-refractivity contribution in [3.63, 3.8) is 0 Å². The van der Waals surface area contributed by atoms with Gasteiger partial charge in [-0.2, -0.15) is 0 Å². The third kappa shape index (κ3) is 3.77. The highest BCUT2D eigenvalue weighted by Gasteiger charge is 2.49. The van der Waals surface area contributed by atoms with Crippen molar-refractivity contribution in [2.24, 2.45) is 17.6 Å². The minimum Gasteiger partial charge on any atom is -0.494 e. The summed E-state index contributed by atoms with van der Waals surface area (Å²) in [7, 11) is 0. The number of carbonyl (C=O) groups excluding carboxylic acids is 1. The van der Waals surface area contributed by atoms with Gasteiger partial charge in [-0.15, -0.1) is 12.4 Å². The summed E-state index contributed by atoms with van der Waals surface area (Å²) in [6.07, 6.45) is 3.07. The van der Waals surface area contributed by atoms with Crippen LogP contribution in [0.3, 0.4) is 0 Å². The van der Waals surface area contributed by atoms with Crippen molar-refractivity contribution in [1.82, 2.24) is 4.90 Å². The highest BCUT2D eigenvalue weighted by Crippen LogP contribution is 2.53. The maximum absolute atomic E-state index is 13.0. The maximum atomic E-state index is 13.0. The van der Waals surface area contributed by atoms with Gasteiger partial charge in [-0.3, -0.25) is 4.79 Å². The van der Waals surface area contributed by atoms with E-state index in [0.717, 1.165) is 42.9 Å². The number of hydrogen-bond acceptors (Lipinski definition) is 4. The first-order valence-corrected chi connectivity index (χ1v) is 9.98. The molecule has 5 atom stereocenters. The van der Waals surface area contributed by atoms with Gasteiger partial charge < -0.3 is 20.1 Å². The highest BCUT2D eigenvalue weighted by atomic mass is 35.5. The van der Waals surface area contributed by atoms with E-state index in [1.807, 2.05) is 6.92 Å². The first kappa shape index (κ1) is 20.3. The van der Waals surface area contributed by atoms with Crippen molar-refractivity contribution >= 4 is 18.3 Å². The van der Waals surface area contributed by atoms with Gasteiger partial charge in [0.1, 0.15) is 17.6 Å². The van der Waals surface area contributed by atoms with Crippen LogP contribution < -0.4 is 15.2 Å². The monoisotopic (exact) mass is 394 g/mol. The van der Waals surface area contributed by atoms with Gasteiger partial charge in [-0.1, -0.05) is 0 Å². The molecule has 5 nitrogen and oxygen atoms in total. The molecule has 5 unspecified atom stereocenters. The van der Waals surface area contributed by atoms with Gasteiger partial charge in [0.15, 0.2) is 0 Å². The van der Waals surface area contributed by atoms with Crippen LogP contribution in [0.2, 0.25) is 0 Å². The normalized spacial score (nSPS) is 31.1. The Labute approximate surface area is 168 Å². The lowest BCUT2D eigenvalue weighted by Crippen LogP contribution is -2.35. The molecule has 0 radical (unpaired) electrons. The number of fused-ring (bicyclic) bond motifs is 1. The Balaban J connectivity index is 0.00000210. The SMILES string of the molecule is CCOc1cc2c(cc1C1CC1C(=O)N1CC(CN)CC1C)OC(C)C2.Cl. The number of hydrogen-bond donors (Lipinski definition) is 1. The third-order valence-corrected chi connectivity index (χ3v) is 6.11. The molecule has 1 aliphatic carbocycles. The predicted octanol–water partition coefficient (Wildman–Crippen LogP) is 3.13. The third-order valence-electron chi connectivity index (χ3n) is 6.11. The van der Waals surface area contributed by atoms with Crippen molar-refractivity contribution in [3.8, 4) is 11.5 Å². The first-order valence-electron chi connectivity index (χ1n) is 9.98. The van der Waals surface area contributed by atoms with Crippen LogP contribution in [0.1, 0.15) is 50.7 Å². The smallest absolute Gasteiger partial charge is 0.226 e. The van der Waals surface area contributed by atoms with E-state index in [9.17, 15) is 4.79 Å². The number of nitrogens with two attached hydrogens (primary N) is 1. The van der Waals surface area contributed by atoms with E-state index in [-0.39, 0.29) is 36.3 Å². The molecule has 1 amide bonds. The van der Waals surface area contributed by atoms with Crippen LogP contribution in [-0.2, 0) is 11.2 Å². The van der Waals surface area contributed by atoms with Crippen molar-refractivity contribution in [2.45, 2.75) is 58.1 Å². The van der Waals surface area contributed by atoms with Crippen molar-refractivity contribution in [1.29, 1.82) is 0 Å². The second-order valence-corrected chi connectivity index (χ2v) is 8.19. The van der Waals surface area contributed by atoms with Crippen LogP contribution in [0.5, 0.6) is 11.5 Å². The molecule has 3 aliphatic rings. The van der Waals surface area contributed by atoms with E-state index < -0.39 is 0 Å². The zero-order valence-corrected chi connectivity index (χ0v) is 17.3. The molecular formula is C21H31ClN2O3. The van der Waals surface area contributed by atoms with Gasteiger partial charge in [-0.25, -0.2) is 0 Å². The van der Waals surface area contributed by atoms with E-state index in [2.05, 4.69) is 30.9 Å². The van der Waals surface area contributed by atoms with Gasteiger partial charge >= 0.3 is 0 Å². The number of nitrogens with zero attached hydrogens (tertiary/aromatic N) is 1. The number of amides is 1. The lowest BCUT2D eigenvalue weighted by Gasteiger charge is -2.22. The molecular weight excluding hydrogens is 364 g/mol. The van der Waals surface area contributed by atoms with Gasteiger partial charge in [0.25, 0.3) is 0 Å². The molecule has 1 aromatic rings. The van der Waals surface area contributed by atoms with Gasteiger partial charge in [-0.05, 0) is 58.2 Å². The van der Waals surface area contributed by atoms with Crippen LogP contribution in [0.4, 0.5) is 0 Å². The van der Waals surface area contributed by atoms with E-state index in [1.54, 1.807) is 0 Å². The largest absolute Gasteiger partial charge is 0.494 e. The summed E-state index contributed by atoms with van der Waals surface area (Å²) >= 11 is 0. The van der Waals surface area contributed by atoms with Gasteiger partial charge in [0, 0.05) is 42.0 Å². The van der Waals surface area contributed by atoms with E-state index in [4.69, 9.17) is 15.2 Å². The minimum absolute atomic E-state index is 0. The fourth-order valence-corrected chi connectivity index (χ4v) is 4.67. The van der Waals surface area contributed by atoms with E-state index in [0.29, 0.717) is 25.1 Å². The standard InChI is InChI=1S/C21H30N2O3.ClH/c1-4-25-20-7-15-6-13(3)26-19(15)9-17(20)16-8-18(16)21(24)23-11-14(10-22)5-12(23)2;/h7,9,12-14,16,18H,4-6,8,10-11,22H2,1-3H3;1H. The van der Waals surface area contributed by atoms with Crippen molar-refractivity contribution in [2.75, 3.05) is 19.7 Å². The molecule has 0 aromatic heterocycles. The lowest BCUT2D eigenvalue weighted by atomic mass is 10.0. The minimum atomic E-state index is 0. The zero-order valence-electron chi connectivity index (χ0n) is 16.4. The fraction of sp³-hybridized carbons (Fsp3) is 0.667. The Bertz CT molecular complexity index is 711. The fourth-order valence-electron chi connectivity index (χ4n) is 4.67. The number of rotatable bonds is 5. The highest BCUT2D eigenvalue weighted by molar-refractivity contribution is 5.85. The quantitative estimate of drug-likeness (QED) is 0.833. The molecule has 2 heterocycles. The average molecular weight is 395 g/mol. The summed E-state index contributed by atoms with van der Waals surface area (Å²) in [6.45, 7) is 8.34. The number of halogens is 1. The van der Waals surface area contributed by atoms with Crippen molar-refractivity contribution < 1.29 is 14.3 Å². The Morgan fingerprint density at radius 3 is 2.78 bits per heavy atom. The second-order valence-electron chi connectivity index (χ2n) is 8.19. The molecule has 27 heavy (non-hydrogen) atoms. The Hall–Kier alpha value is -1.46. The molecule has 150 valence electrons. The van der Waals surface area contributed by atoms with Gasteiger partial charge in [0.05, 0.1) is 6.61 Å². The number of likely N-dealkylation sites (tertiary alicyclic amines) is 1. The van der Waals surface area contributed by atoms with Crippen LogP contribution in [0.25, 0.3) is 0 Å². The summed E-state index contributed by atoms with van der Waals surface area (Å²) in [5, 5.41) is 0. The zero-order chi connectivity index (χ0) is 18.4. The maximum Gasteiger partial charge on any atom is 0.226 e. The Morgan fingerprint density at radius 2 is 2.11 bits per heavy atom. The molecule has 6 heteroatoms. The molecule has 0 bridgehead atoms. The summed E-state index contributed by atoms with van der Waals surface area (Å²) < 4.78 is 11.8. The number of benzene rings is 1. The van der Waals surface area contributed by atoms with E-state index in [1.165, 1.54) is 5.56 Å². The van der Waals surface area contributed by atoms with Crippen LogP contribution in [0, 0.1) is 11.8 Å². The lowest BCUT2D eigenvalue weighted by molar-refractivity contribution is -0.133. The summed E-state index contributed by atoms with van der Waals surface area (Å²) in [5.74, 6) is 2.95. The Kier molecular flexibility index (Phi) is 5.92. The molecule has 4 rings (SSSR count). The number of carbonyl (C=O) groups is 1. The summed E-state index contributed by atoms with van der Waals surface area (Å²) in [6, 6.07) is 4.55. The van der Waals surface area contributed by atoms with Crippen LogP contribution in [-0.4, -0.2) is 42.6 Å². The average Bonchev–Trinajstić information content (AvgIpc) is 3.19. The molecule has 0 spiro atoms.